The Hall–Kier alpha value is -1.65. The second-order valence-corrected chi connectivity index (χ2v) is 7.40. The van der Waals surface area contributed by atoms with Crippen LogP contribution in [0.1, 0.15) is 36.8 Å². The third-order valence-electron chi connectivity index (χ3n) is 5.48. The van der Waals surface area contributed by atoms with Crippen LogP contribution < -0.4 is 0 Å². The molecule has 2 fully saturated rings. The van der Waals surface area contributed by atoms with Crippen LogP contribution in [0.15, 0.2) is 36.7 Å². The van der Waals surface area contributed by atoms with Crippen LogP contribution in [0.2, 0.25) is 0 Å². The summed E-state index contributed by atoms with van der Waals surface area (Å²) in [6.45, 7) is 8.20. The van der Waals surface area contributed by atoms with Gasteiger partial charge in [0.05, 0.1) is 11.9 Å². The molecule has 2 aliphatic rings. The number of piperidine rings is 1. The largest absolute Gasteiger partial charge is 0.299 e. The average molecular weight is 324 g/mol. The van der Waals surface area contributed by atoms with Crippen LogP contribution in [0.3, 0.4) is 0 Å². The molecule has 1 aromatic heterocycles. The second-order valence-electron chi connectivity index (χ2n) is 7.40. The Bertz CT molecular complexity index is 655. The Labute approximate surface area is 145 Å². The first-order valence-electron chi connectivity index (χ1n) is 9.35. The summed E-state index contributed by atoms with van der Waals surface area (Å²) < 4.78 is 2.00. The lowest BCUT2D eigenvalue weighted by atomic mass is 10.0. The van der Waals surface area contributed by atoms with E-state index in [0.717, 1.165) is 18.3 Å². The van der Waals surface area contributed by atoms with Gasteiger partial charge in [0.2, 0.25) is 0 Å². The molecule has 128 valence electrons. The van der Waals surface area contributed by atoms with Gasteiger partial charge in [-0.05, 0) is 64.4 Å². The molecule has 4 rings (SSSR count). The molecule has 1 unspecified atom stereocenters. The van der Waals surface area contributed by atoms with E-state index >= 15 is 0 Å². The van der Waals surface area contributed by atoms with Gasteiger partial charge in [-0.1, -0.05) is 17.7 Å². The summed E-state index contributed by atoms with van der Waals surface area (Å²) in [6, 6.07) is 9.32. The fraction of sp³-hybridized carbons (Fsp3) is 0.550. The number of likely N-dealkylation sites (tertiary alicyclic amines) is 2. The Morgan fingerprint density at radius 1 is 1.04 bits per heavy atom. The number of rotatable bonds is 4. The number of aromatic nitrogens is 2. The first kappa shape index (κ1) is 15.9. The van der Waals surface area contributed by atoms with Crippen molar-refractivity contribution in [2.45, 2.75) is 45.2 Å². The quantitative estimate of drug-likeness (QED) is 0.863. The minimum absolute atomic E-state index is 0.772. The standard InChI is InChI=1S/C20H28N4/c1-17-6-8-19(9-7-17)24-15-18(13-21-24)14-22-10-4-5-20(16-22)23-11-2-3-12-23/h6-9,13,15,20H,2-5,10-12,14,16H2,1H3. The molecule has 0 spiro atoms. The SMILES string of the molecule is Cc1ccc(-n2cc(CN3CCCC(N4CCCC4)C3)cn2)cc1. The Morgan fingerprint density at radius 3 is 2.62 bits per heavy atom. The van der Waals surface area contributed by atoms with Gasteiger partial charge in [0.1, 0.15) is 0 Å². The smallest absolute Gasteiger partial charge is 0.0645 e. The van der Waals surface area contributed by atoms with Gasteiger partial charge in [0.25, 0.3) is 0 Å². The van der Waals surface area contributed by atoms with E-state index in [4.69, 9.17) is 0 Å². The Balaban J connectivity index is 1.39. The molecule has 0 amide bonds. The number of hydrogen-bond donors (Lipinski definition) is 0. The molecule has 2 saturated heterocycles. The van der Waals surface area contributed by atoms with Crippen molar-refractivity contribution in [3.8, 4) is 5.69 Å². The molecule has 1 aromatic carbocycles. The minimum atomic E-state index is 0.772. The van der Waals surface area contributed by atoms with Gasteiger partial charge in [0, 0.05) is 30.9 Å². The molecular formula is C20H28N4. The summed E-state index contributed by atoms with van der Waals surface area (Å²) in [4.78, 5) is 5.32. The van der Waals surface area contributed by atoms with E-state index in [0.29, 0.717) is 0 Å². The van der Waals surface area contributed by atoms with E-state index in [1.54, 1.807) is 0 Å². The van der Waals surface area contributed by atoms with Crippen LogP contribution in [0, 0.1) is 6.92 Å². The molecule has 0 saturated carbocycles. The van der Waals surface area contributed by atoms with Crippen LogP contribution in [-0.4, -0.2) is 51.8 Å². The topological polar surface area (TPSA) is 24.3 Å². The predicted molar refractivity (Wildman–Crippen MR) is 97.4 cm³/mol. The third kappa shape index (κ3) is 3.55. The first-order valence-corrected chi connectivity index (χ1v) is 9.35. The highest BCUT2D eigenvalue weighted by molar-refractivity contribution is 5.33. The lowest BCUT2D eigenvalue weighted by Crippen LogP contribution is -2.46. The normalized spacial score (nSPS) is 23.0. The lowest BCUT2D eigenvalue weighted by Gasteiger charge is -2.37. The van der Waals surface area contributed by atoms with E-state index < -0.39 is 0 Å². The van der Waals surface area contributed by atoms with Gasteiger partial charge in [-0.15, -0.1) is 0 Å². The van der Waals surface area contributed by atoms with E-state index in [-0.39, 0.29) is 0 Å². The molecular weight excluding hydrogens is 296 g/mol. The lowest BCUT2D eigenvalue weighted by molar-refractivity contribution is 0.110. The van der Waals surface area contributed by atoms with Crippen LogP contribution in [0.4, 0.5) is 0 Å². The summed E-state index contributed by atoms with van der Waals surface area (Å²) in [7, 11) is 0. The zero-order valence-electron chi connectivity index (χ0n) is 14.7. The van der Waals surface area contributed by atoms with Crippen molar-refractivity contribution in [2.24, 2.45) is 0 Å². The molecule has 2 aliphatic heterocycles. The number of nitrogens with zero attached hydrogens (tertiary/aromatic N) is 4. The Morgan fingerprint density at radius 2 is 1.83 bits per heavy atom. The maximum Gasteiger partial charge on any atom is 0.0645 e. The fourth-order valence-corrected chi connectivity index (χ4v) is 4.12. The highest BCUT2D eigenvalue weighted by Gasteiger charge is 2.27. The highest BCUT2D eigenvalue weighted by atomic mass is 15.3. The van der Waals surface area contributed by atoms with Gasteiger partial charge in [-0.3, -0.25) is 9.80 Å². The Kier molecular flexibility index (Phi) is 4.67. The molecule has 4 heteroatoms. The van der Waals surface area contributed by atoms with Crippen LogP contribution >= 0.6 is 0 Å². The maximum atomic E-state index is 4.56. The van der Waals surface area contributed by atoms with Crippen LogP contribution in [0.25, 0.3) is 5.69 Å². The molecule has 3 heterocycles. The zero-order valence-corrected chi connectivity index (χ0v) is 14.7. The molecule has 0 aliphatic carbocycles. The van der Waals surface area contributed by atoms with Gasteiger partial charge < -0.3 is 0 Å². The van der Waals surface area contributed by atoms with Crippen molar-refractivity contribution in [2.75, 3.05) is 26.2 Å². The van der Waals surface area contributed by atoms with E-state index in [1.807, 2.05) is 10.9 Å². The number of aryl methyl sites for hydroxylation is 1. The van der Waals surface area contributed by atoms with Crippen molar-refractivity contribution in [1.29, 1.82) is 0 Å². The zero-order chi connectivity index (χ0) is 16.4. The predicted octanol–water partition coefficient (Wildman–Crippen LogP) is 3.24. The van der Waals surface area contributed by atoms with Crippen molar-refractivity contribution in [3.05, 3.63) is 47.8 Å². The molecule has 4 nitrogen and oxygen atoms in total. The van der Waals surface area contributed by atoms with Crippen LogP contribution in [-0.2, 0) is 6.54 Å². The van der Waals surface area contributed by atoms with Gasteiger partial charge in [-0.25, -0.2) is 4.68 Å². The third-order valence-corrected chi connectivity index (χ3v) is 5.48. The summed E-state index contributed by atoms with van der Waals surface area (Å²) in [5.74, 6) is 0. The number of benzene rings is 1. The second kappa shape index (κ2) is 7.08. The summed E-state index contributed by atoms with van der Waals surface area (Å²) in [6.07, 6.45) is 9.69. The summed E-state index contributed by atoms with van der Waals surface area (Å²) in [5, 5.41) is 4.56. The van der Waals surface area contributed by atoms with Crippen molar-refractivity contribution in [1.82, 2.24) is 19.6 Å². The van der Waals surface area contributed by atoms with Gasteiger partial charge in [-0.2, -0.15) is 5.10 Å². The van der Waals surface area contributed by atoms with Crippen LogP contribution in [0.5, 0.6) is 0 Å². The molecule has 2 aromatic rings. The first-order chi connectivity index (χ1) is 11.8. The van der Waals surface area contributed by atoms with E-state index in [9.17, 15) is 0 Å². The number of hydrogen-bond acceptors (Lipinski definition) is 3. The average Bonchev–Trinajstić information content (AvgIpc) is 3.28. The van der Waals surface area contributed by atoms with Crippen molar-refractivity contribution < 1.29 is 0 Å². The fourth-order valence-electron chi connectivity index (χ4n) is 4.12. The van der Waals surface area contributed by atoms with Gasteiger partial charge in [0.15, 0.2) is 0 Å². The molecule has 1 atom stereocenters. The van der Waals surface area contributed by atoms with Crippen molar-refractivity contribution in [3.63, 3.8) is 0 Å². The van der Waals surface area contributed by atoms with Crippen molar-refractivity contribution >= 4 is 0 Å². The molecule has 0 bridgehead atoms. The highest BCUT2D eigenvalue weighted by Crippen LogP contribution is 2.22. The monoisotopic (exact) mass is 324 g/mol. The summed E-state index contributed by atoms with van der Waals surface area (Å²) >= 11 is 0. The van der Waals surface area contributed by atoms with E-state index in [1.165, 1.54) is 63.0 Å². The molecule has 0 radical (unpaired) electrons. The van der Waals surface area contributed by atoms with E-state index in [2.05, 4.69) is 52.3 Å². The maximum absolute atomic E-state index is 4.56. The summed E-state index contributed by atoms with van der Waals surface area (Å²) in [5.41, 5.74) is 3.74. The molecule has 0 N–H and O–H groups in total. The molecule has 24 heavy (non-hydrogen) atoms. The van der Waals surface area contributed by atoms with Gasteiger partial charge >= 0.3 is 0 Å². The minimum Gasteiger partial charge on any atom is -0.299 e.